The normalized spacial score (nSPS) is 15.5. The minimum absolute atomic E-state index is 0.201. The molecule has 4 nitrogen and oxygen atoms in total. The number of hydrogen-bond donors (Lipinski definition) is 2. The Morgan fingerprint density at radius 1 is 1.12 bits per heavy atom. The third-order valence-corrected chi connectivity index (χ3v) is 4.70. The Hall–Kier alpha value is -2.66. The van der Waals surface area contributed by atoms with Crippen LogP contribution in [0.4, 0.5) is 10.1 Å². The fraction of sp³-hybridized carbons (Fsp3) is 0.286. The van der Waals surface area contributed by atoms with Crippen LogP contribution < -0.4 is 5.73 Å². The van der Waals surface area contributed by atoms with Crippen LogP contribution in [0.1, 0.15) is 16.7 Å². The number of nitrogens with zero attached hydrogens (tertiary/aromatic N) is 2. The standard InChI is InChI=1S/C21H25FN4/c1-16-2-5-18(20(23)14-16)6-9-21(24)26-12-10-25(11-13-26)15-17-3-7-19(22)8-4-17/h2-9,14,24H,10-13,15,23H2,1H3/b9-6+,24-21?. The number of anilines is 1. The molecule has 2 aromatic carbocycles. The molecule has 0 radical (unpaired) electrons. The molecule has 0 amide bonds. The number of benzene rings is 2. The fourth-order valence-electron chi connectivity index (χ4n) is 3.11. The van der Waals surface area contributed by atoms with Gasteiger partial charge in [-0.3, -0.25) is 10.3 Å². The lowest BCUT2D eigenvalue weighted by Gasteiger charge is -2.35. The summed E-state index contributed by atoms with van der Waals surface area (Å²) in [6.45, 7) is 6.23. The maximum atomic E-state index is 13.0. The Bertz CT molecular complexity index is 790. The van der Waals surface area contributed by atoms with E-state index in [9.17, 15) is 4.39 Å². The van der Waals surface area contributed by atoms with Crippen LogP contribution in [0.15, 0.2) is 48.5 Å². The lowest BCUT2D eigenvalue weighted by molar-refractivity contribution is 0.175. The van der Waals surface area contributed by atoms with Crippen molar-refractivity contribution in [1.29, 1.82) is 5.41 Å². The highest BCUT2D eigenvalue weighted by atomic mass is 19.1. The Balaban J connectivity index is 1.51. The molecule has 0 bridgehead atoms. The molecule has 1 heterocycles. The zero-order chi connectivity index (χ0) is 18.5. The van der Waals surface area contributed by atoms with Crippen molar-refractivity contribution in [3.63, 3.8) is 0 Å². The smallest absolute Gasteiger partial charge is 0.123 e. The zero-order valence-electron chi connectivity index (χ0n) is 15.1. The van der Waals surface area contributed by atoms with E-state index in [2.05, 4.69) is 9.80 Å². The maximum absolute atomic E-state index is 13.0. The SMILES string of the molecule is Cc1ccc(/C=C/C(=N)N2CCN(Cc3ccc(F)cc3)CC2)c(N)c1. The third kappa shape index (κ3) is 4.70. The first-order chi connectivity index (χ1) is 12.5. The highest BCUT2D eigenvalue weighted by Crippen LogP contribution is 2.16. The minimum Gasteiger partial charge on any atom is -0.398 e. The van der Waals surface area contributed by atoms with E-state index in [-0.39, 0.29) is 5.82 Å². The van der Waals surface area contributed by atoms with E-state index >= 15 is 0 Å². The summed E-state index contributed by atoms with van der Waals surface area (Å²) in [5, 5.41) is 8.29. The fourth-order valence-corrected chi connectivity index (χ4v) is 3.11. The van der Waals surface area contributed by atoms with Gasteiger partial charge in [-0.1, -0.05) is 24.3 Å². The summed E-state index contributed by atoms with van der Waals surface area (Å²) in [6, 6.07) is 12.6. The number of nitrogens with one attached hydrogen (secondary N) is 1. The Morgan fingerprint density at radius 2 is 1.81 bits per heavy atom. The largest absolute Gasteiger partial charge is 0.398 e. The van der Waals surface area contributed by atoms with E-state index < -0.39 is 0 Å². The van der Waals surface area contributed by atoms with E-state index in [0.717, 1.165) is 55.1 Å². The van der Waals surface area contributed by atoms with Gasteiger partial charge in [-0.05, 0) is 54.0 Å². The number of amidine groups is 1. The first kappa shape index (κ1) is 18.1. The summed E-state index contributed by atoms with van der Waals surface area (Å²) in [4.78, 5) is 4.40. The number of halogens is 1. The van der Waals surface area contributed by atoms with Gasteiger partial charge in [0.15, 0.2) is 0 Å². The van der Waals surface area contributed by atoms with Crippen LogP contribution in [-0.2, 0) is 6.54 Å². The highest BCUT2D eigenvalue weighted by Gasteiger charge is 2.18. The molecule has 1 aliphatic rings. The second kappa shape index (κ2) is 8.15. The van der Waals surface area contributed by atoms with Crippen LogP contribution in [0.2, 0.25) is 0 Å². The van der Waals surface area contributed by atoms with Crippen LogP contribution >= 0.6 is 0 Å². The van der Waals surface area contributed by atoms with Crippen molar-refractivity contribution in [1.82, 2.24) is 9.80 Å². The summed E-state index contributed by atoms with van der Waals surface area (Å²) in [5.74, 6) is 0.305. The second-order valence-electron chi connectivity index (χ2n) is 6.74. The monoisotopic (exact) mass is 352 g/mol. The van der Waals surface area contributed by atoms with Crippen molar-refractivity contribution in [3.05, 3.63) is 71.0 Å². The summed E-state index contributed by atoms with van der Waals surface area (Å²) in [6.07, 6.45) is 3.72. The Morgan fingerprint density at radius 3 is 2.46 bits per heavy atom. The van der Waals surface area contributed by atoms with Crippen LogP contribution in [0.5, 0.6) is 0 Å². The second-order valence-corrected chi connectivity index (χ2v) is 6.74. The van der Waals surface area contributed by atoms with Gasteiger partial charge in [0.05, 0.1) is 0 Å². The average molecular weight is 352 g/mol. The molecule has 1 saturated heterocycles. The highest BCUT2D eigenvalue weighted by molar-refractivity contribution is 5.94. The van der Waals surface area contributed by atoms with E-state index in [0.29, 0.717) is 5.84 Å². The lowest BCUT2D eigenvalue weighted by Crippen LogP contribution is -2.47. The molecule has 2 aromatic rings. The van der Waals surface area contributed by atoms with Gasteiger partial charge < -0.3 is 10.6 Å². The third-order valence-electron chi connectivity index (χ3n) is 4.70. The number of piperazine rings is 1. The molecule has 0 atom stereocenters. The van der Waals surface area contributed by atoms with Gasteiger partial charge in [0, 0.05) is 38.4 Å². The molecule has 1 fully saturated rings. The van der Waals surface area contributed by atoms with Gasteiger partial charge in [0.1, 0.15) is 11.7 Å². The van der Waals surface area contributed by atoms with Crippen LogP contribution in [-0.4, -0.2) is 41.8 Å². The molecule has 1 aliphatic heterocycles. The van der Waals surface area contributed by atoms with E-state index in [4.69, 9.17) is 11.1 Å². The number of hydrogen-bond acceptors (Lipinski definition) is 3. The molecule has 0 spiro atoms. The van der Waals surface area contributed by atoms with Crippen LogP contribution in [0.25, 0.3) is 6.08 Å². The van der Waals surface area contributed by atoms with Crippen molar-refractivity contribution < 1.29 is 4.39 Å². The number of aryl methyl sites for hydroxylation is 1. The van der Waals surface area contributed by atoms with Gasteiger partial charge in [-0.2, -0.15) is 0 Å². The van der Waals surface area contributed by atoms with Crippen molar-refractivity contribution in [2.45, 2.75) is 13.5 Å². The first-order valence-corrected chi connectivity index (χ1v) is 8.86. The van der Waals surface area contributed by atoms with Crippen molar-refractivity contribution in [2.75, 3.05) is 31.9 Å². The van der Waals surface area contributed by atoms with E-state index in [1.165, 1.54) is 12.1 Å². The molecule has 0 saturated carbocycles. The van der Waals surface area contributed by atoms with Crippen molar-refractivity contribution in [3.8, 4) is 0 Å². The van der Waals surface area contributed by atoms with E-state index in [1.54, 1.807) is 0 Å². The predicted octanol–water partition coefficient (Wildman–Crippen LogP) is 3.52. The van der Waals surface area contributed by atoms with Gasteiger partial charge in [0.2, 0.25) is 0 Å². The average Bonchev–Trinajstić information content (AvgIpc) is 2.63. The first-order valence-electron chi connectivity index (χ1n) is 8.86. The molecular weight excluding hydrogens is 327 g/mol. The molecule has 5 heteroatoms. The number of nitrogens with two attached hydrogens (primary N) is 1. The minimum atomic E-state index is -0.201. The summed E-state index contributed by atoms with van der Waals surface area (Å²) in [5.41, 5.74) is 9.94. The quantitative estimate of drug-likeness (QED) is 0.503. The van der Waals surface area contributed by atoms with Crippen molar-refractivity contribution in [2.24, 2.45) is 0 Å². The van der Waals surface area contributed by atoms with Gasteiger partial charge in [0.25, 0.3) is 0 Å². The molecule has 0 aliphatic carbocycles. The zero-order valence-corrected chi connectivity index (χ0v) is 15.1. The summed E-state index contributed by atoms with van der Waals surface area (Å²) in [7, 11) is 0. The Kier molecular flexibility index (Phi) is 5.68. The maximum Gasteiger partial charge on any atom is 0.123 e. The molecule has 136 valence electrons. The molecule has 3 N–H and O–H groups in total. The summed E-state index contributed by atoms with van der Waals surface area (Å²) >= 11 is 0. The number of nitrogen functional groups attached to an aromatic ring is 1. The van der Waals surface area contributed by atoms with Gasteiger partial charge >= 0.3 is 0 Å². The molecule has 3 rings (SSSR count). The topological polar surface area (TPSA) is 56.4 Å². The van der Waals surface area contributed by atoms with Gasteiger partial charge in [-0.25, -0.2) is 4.39 Å². The van der Waals surface area contributed by atoms with Gasteiger partial charge in [-0.15, -0.1) is 0 Å². The molecule has 0 aromatic heterocycles. The van der Waals surface area contributed by atoms with Crippen LogP contribution in [0, 0.1) is 18.2 Å². The predicted molar refractivity (Wildman–Crippen MR) is 106 cm³/mol. The molecule has 26 heavy (non-hydrogen) atoms. The van der Waals surface area contributed by atoms with E-state index in [1.807, 2.05) is 49.4 Å². The number of rotatable bonds is 4. The lowest BCUT2D eigenvalue weighted by atomic mass is 10.1. The summed E-state index contributed by atoms with van der Waals surface area (Å²) < 4.78 is 13.0. The Labute approximate surface area is 154 Å². The molecule has 0 unspecified atom stereocenters. The molecular formula is C21H25FN4. The van der Waals surface area contributed by atoms with Crippen molar-refractivity contribution >= 4 is 17.6 Å². The van der Waals surface area contributed by atoms with Crippen LogP contribution in [0.3, 0.4) is 0 Å².